The van der Waals surface area contributed by atoms with Gasteiger partial charge in [0.05, 0.1) is 5.56 Å². The predicted octanol–water partition coefficient (Wildman–Crippen LogP) is 5.72. The van der Waals surface area contributed by atoms with Crippen LogP contribution in [0.25, 0.3) is 0 Å². The van der Waals surface area contributed by atoms with Crippen LogP contribution < -0.4 is 4.90 Å². The van der Waals surface area contributed by atoms with Crippen LogP contribution in [0.1, 0.15) is 66.3 Å². The molecule has 3 unspecified atom stereocenters. The molecule has 4 heterocycles. The average Bonchev–Trinajstić information content (AvgIpc) is 3.53. The van der Waals surface area contributed by atoms with Gasteiger partial charge in [-0.1, -0.05) is 17.2 Å². The zero-order valence-corrected chi connectivity index (χ0v) is 20.5. The number of halogens is 6. The Hall–Kier alpha value is -3.12. The molecule has 6 rings (SSSR count). The number of rotatable bonds is 4. The minimum Gasteiger partial charge on any atom is -0.408 e. The second kappa shape index (κ2) is 8.98. The number of hydrogen-bond donors (Lipinski definition) is 0. The summed E-state index contributed by atoms with van der Waals surface area (Å²) in [5, 5.41) is 12.4. The zero-order chi connectivity index (χ0) is 26.8. The van der Waals surface area contributed by atoms with Gasteiger partial charge in [-0.25, -0.2) is 9.67 Å². The third-order valence-corrected chi connectivity index (χ3v) is 8.29. The summed E-state index contributed by atoms with van der Waals surface area (Å²) in [4.78, 5) is 6.66. The van der Waals surface area contributed by atoms with Crippen LogP contribution in [-0.2, 0) is 12.6 Å². The number of aryl methyl sites for hydroxylation is 1. The normalized spacial score (nSPS) is 27.6. The molecule has 2 aliphatic heterocycles. The molecule has 1 aliphatic carbocycles. The van der Waals surface area contributed by atoms with E-state index in [1.54, 1.807) is 6.92 Å². The Balaban J connectivity index is 1.26. The van der Waals surface area contributed by atoms with Gasteiger partial charge in [0.2, 0.25) is 5.89 Å². The van der Waals surface area contributed by atoms with Gasteiger partial charge in [0, 0.05) is 32.4 Å². The van der Waals surface area contributed by atoms with Crippen molar-refractivity contribution in [2.24, 2.45) is 17.8 Å². The Morgan fingerprint density at radius 1 is 0.921 bits per heavy atom. The first kappa shape index (κ1) is 25.2. The molecule has 204 valence electrons. The lowest BCUT2D eigenvalue weighted by atomic mass is 9.82. The Morgan fingerprint density at radius 2 is 1.61 bits per heavy atom. The summed E-state index contributed by atoms with van der Waals surface area (Å²) < 4.78 is 87.4. The van der Waals surface area contributed by atoms with Crippen LogP contribution in [0.3, 0.4) is 0 Å². The maximum atomic E-state index is 13.9. The van der Waals surface area contributed by atoms with Gasteiger partial charge in [-0.05, 0) is 61.1 Å². The van der Waals surface area contributed by atoms with Crippen LogP contribution in [0.15, 0.2) is 28.7 Å². The van der Waals surface area contributed by atoms with Gasteiger partial charge >= 0.3 is 18.4 Å². The minimum atomic E-state index is -4.50. The van der Waals surface area contributed by atoms with E-state index in [4.69, 9.17) is 4.42 Å². The van der Waals surface area contributed by atoms with E-state index in [0.717, 1.165) is 42.7 Å². The van der Waals surface area contributed by atoms with Gasteiger partial charge in [-0.3, -0.25) is 0 Å². The lowest BCUT2D eigenvalue weighted by Gasteiger charge is -2.36. The number of nitrogens with zero attached hydrogens (tertiary/aromatic N) is 6. The highest BCUT2D eigenvalue weighted by molar-refractivity contribution is 5.32. The zero-order valence-electron chi connectivity index (χ0n) is 20.5. The fourth-order valence-electron chi connectivity index (χ4n) is 6.48. The quantitative estimate of drug-likeness (QED) is 0.394. The molecule has 0 N–H and O–H groups in total. The second-order valence-corrected chi connectivity index (χ2v) is 10.6. The van der Waals surface area contributed by atoms with Crippen LogP contribution in [-0.4, -0.2) is 44.2 Å². The van der Waals surface area contributed by atoms with Crippen LogP contribution >= 0.6 is 0 Å². The summed E-state index contributed by atoms with van der Waals surface area (Å²) >= 11 is 0. The third-order valence-electron chi connectivity index (χ3n) is 8.29. The summed E-state index contributed by atoms with van der Waals surface area (Å²) in [6, 6.07) is 3.27. The fraction of sp³-hybridized carbons (Fsp3) is 0.600. The molecule has 2 aromatic heterocycles. The van der Waals surface area contributed by atoms with E-state index >= 15 is 0 Å². The van der Waals surface area contributed by atoms with E-state index in [1.807, 2.05) is 0 Å². The highest BCUT2D eigenvalue weighted by Gasteiger charge is 2.48. The lowest BCUT2D eigenvalue weighted by Crippen LogP contribution is -2.43. The van der Waals surface area contributed by atoms with Gasteiger partial charge in [0.15, 0.2) is 5.82 Å². The van der Waals surface area contributed by atoms with Crippen molar-refractivity contribution in [1.29, 1.82) is 0 Å². The Bertz CT molecular complexity index is 1280. The Labute approximate surface area is 214 Å². The highest BCUT2D eigenvalue weighted by atomic mass is 19.4. The maximum absolute atomic E-state index is 13.9. The monoisotopic (exact) mass is 540 g/mol. The molecule has 0 spiro atoms. The molecule has 1 aromatic carbocycles. The molecule has 3 aromatic rings. The van der Waals surface area contributed by atoms with E-state index < -0.39 is 29.9 Å². The standard InChI is InChI=1S/C25H26F6N6O/c1-13-33-34-23(38-13)36-11-15-2-3-16(12-36)19(15)10-21-32-22-18(8-9-20(25(29,30)31)37(22)35-21)14-4-6-17(7-5-14)24(26,27)28/h4-7,15-16,18-20H,2-3,8-12H2,1H3/t15-,16+,18?,19?,20?. The van der Waals surface area contributed by atoms with Crippen molar-refractivity contribution in [2.45, 2.75) is 63.3 Å². The van der Waals surface area contributed by atoms with Crippen molar-refractivity contribution in [3.05, 3.63) is 52.9 Å². The second-order valence-electron chi connectivity index (χ2n) is 10.6. The van der Waals surface area contributed by atoms with Crippen LogP contribution in [0.2, 0.25) is 0 Å². The first-order valence-corrected chi connectivity index (χ1v) is 12.7. The Kier molecular flexibility index (Phi) is 5.95. The molecule has 3 aliphatic rings. The van der Waals surface area contributed by atoms with Crippen LogP contribution in [0, 0.1) is 24.7 Å². The number of piperidine rings is 1. The molecule has 2 bridgehead atoms. The molecule has 0 amide bonds. The summed E-state index contributed by atoms with van der Waals surface area (Å²) in [5.74, 6) is 1.27. The number of benzene rings is 1. The molecular formula is C25H26F6N6O. The fourth-order valence-corrected chi connectivity index (χ4v) is 6.48. The van der Waals surface area contributed by atoms with Crippen LogP contribution in [0.5, 0.6) is 0 Å². The van der Waals surface area contributed by atoms with E-state index in [-0.39, 0.29) is 24.6 Å². The molecule has 2 fully saturated rings. The first-order chi connectivity index (χ1) is 18.0. The van der Waals surface area contributed by atoms with Crippen molar-refractivity contribution < 1.29 is 30.8 Å². The molecule has 7 nitrogen and oxygen atoms in total. The SMILES string of the molecule is Cc1nnc(N2C[C@H]3CC[C@@H](C2)C3Cc2nc3n(n2)C(C(F)(F)F)CCC3c2ccc(C(F)(F)F)cc2)o1. The van der Waals surface area contributed by atoms with Gasteiger partial charge in [0.1, 0.15) is 11.9 Å². The van der Waals surface area contributed by atoms with Crippen molar-refractivity contribution >= 4 is 6.01 Å². The van der Waals surface area contributed by atoms with Crippen molar-refractivity contribution in [2.75, 3.05) is 18.0 Å². The summed E-state index contributed by atoms with van der Waals surface area (Å²) in [5.41, 5.74) is -0.299. The predicted molar refractivity (Wildman–Crippen MR) is 122 cm³/mol. The topological polar surface area (TPSA) is 72.9 Å². The number of hydrogen-bond acceptors (Lipinski definition) is 6. The molecule has 1 saturated carbocycles. The first-order valence-electron chi connectivity index (χ1n) is 12.7. The summed E-state index contributed by atoms with van der Waals surface area (Å²) in [6.45, 7) is 3.17. The van der Waals surface area contributed by atoms with Gasteiger partial charge < -0.3 is 9.32 Å². The lowest BCUT2D eigenvalue weighted by molar-refractivity contribution is -0.175. The number of alkyl halides is 6. The number of fused-ring (bicyclic) bond motifs is 3. The molecule has 0 radical (unpaired) electrons. The third kappa shape index (κ3) is 4.53. The smallest absolute Gasteiger partial charge is 0.408 e. The van der Waals surface area contributed by atoms with Crippen molar-refractivity contribution in [3.63, 3.8) is 0 Å². The van der Waals surface area contributed by atoms with E-state index in [2.05, 4.69) is 25.2 Å². The minimum absolute atomic E-state index is 0.126. The average molecular weight is 541 g/mol. The van der Waals surface area contributed by atoms with Crippen molar-refractivity contribution in [1.82, 2.24) is 25.0 Å². The Morgan fingerprint density at radius 3 is 2.18 bits per heavy atom. The van der Waals surface area contributed by atoms with E-state index in [1.165, 1.54) is 12.1 Å². The highest BCUT2D eigenvalue weighted by Crippen LogP contribution is 2.46. The summed E-state index contributed by atoms with van der Waals surface area (Å²) in [7, 11) is 0. The molecule has 13 heteroatoms. The van der Waals surface area contributed by atoms with Crippen molar-refractivity contribution in [3.8, 4) is 0 Å². The molecule has 5 atom stereocenters. The molecule has 38 heavy (non-hydrogen) atoms. The molecular weight excluding hydrogens is 514 g/mol. The van der Waals surface area contributed by atoms with E-state index in [9.17, 15) is 26.3 Å². The van der Waals surface area contributed by atoms with Gasteiger partial charge in [-0.15, -0.1) is 5.10 Å². The van der Waals surface area contributed by atoms with Crippen LogP contribution in [0.4, 0.5) is 32.4 Å². The largest absolute Gasteiger partial charge is 0.416 e. The molecule has 1 saturated heterocycles. The van der Waals surface area contributed by atoms with E-state index in [0.29, 0.717) is 41.5 Å². The number of anilines is 1. The summed E-state index contributed by atoms with van der Waals surface area (Å²) in [6.07, 6.45) is -6.64. The number of aromatic nitrogens is 5. The van der Waals surface area contributed by atoms with Gasteiger partial charge in [-0.2, -0.15) is 31.4 Å². The maximum Gasteiger partial charge on any atom is 0.416 e. The van der Waals surface area contributed by atoms with Gasteiger partial charge in [0.25, 0.3) is 0 Å².